The number of esters is 2. The van der Waals surface area contributed by atoms with Crippen molar-refractivity contribution in [3.63, 3.8) is 0 Å². The number of piperidine rings is 3. The molecule has 10 atom stereocenters. The number of likely N-dealkylation sites (tertiary alicyclic amines) is 1. The predicted octanol–water partition coefficient (Wildman–Crippen LogP) is 6.86. The van der Waals surface area contributed by atoms with Gasteiger partial charge < -0.3 is 29.1 Å². The summed E-state index contributed by atoms with van der Waals surface area (Å²) in [4.78, 5) is 39.3. The maximum Gasteiger partial charge on any atom is 0.310 e. The van der Waals surface area contributed by atoms with Crippen LogP contribution >= 0.6 is 0 Å². The molecule has 0 radical (unpaired) electrons. The number of para-hydroxylation sites is 1. The maximum atomic E-state index is 13.8. The normalized spacial score (nSPS) is 32.4. The molecule has 0 spiro atoms. The first-order chi connectivity index (χ1) is 25.8. The predicted molar refractivity (Wildman–Crippen MR) is 206 cm³/mol. The number of H-pyrrole nitrogens is 2. The minimum Gasteiger partial charge on any atom is -0.496 e. The fourth-order valence-electron chi connectivity index (χ4n) is 12.5. The summed E-state index contributed by atoms with van der Waals surface area (Å²) >= 11 is 0. The molecule has 4 bridgehead atoms. The van der Waals surface area contributed by atoms with E-state index in [0.29, 0.717) is 42.2 Å². The monoisotopic (exact) mass is 720 g/mol. The van der Waals surface area contributed by atoms with Crippen molar-refractivity contribution in [2.45, 2.75) is 89.3 Å². The van der Waals surface area contributed by atoms with Crippen LogP contribution in [0.5, 0.6) is 5.75 Å². The zero-order valence-corrected chi connectivity index (χ0v) is 32.2. The van der Waals surface area contributed by atoms with E-state index in [-0.39, 0.29) is 35.7 Å². The molecule has 10 rings (SSSR count). The lowest BCUT2D eigenvalue weighted by atomic mass is 9.55. The van der Waals surface area contributed by atoms with E-state index >= 15 is 0 Å². The Bertz CT molecular complexity index is 2050. The number of benzene rings is 2. The largest absolute Gasteiger partial charge is 0.496 e. The Labute approximate surface area is 313 Å². The summed E-state index contributed by atoms with van der Waals surface area (Å²) in [7, 11) is 7.07. The van der Waals surface area contributed by atoms with Gasteiger partial charge in [-0.1, -0.05) is 44.9 Å². The molecule has 2 aromatic heterocycles. The van der Waals surface area contributed by atoms with Gasteiger partial charge in [-0.3, -0.25) is 14.5 Å². The Kier molecular flexibility index (Phi) is 8.88. The Balaban J connectivity index is 1.14. The second-order valence-corrected chi connectivity index (χ2v) is 16.9. The van der Waals surface area contributed by atoms with Crippen molar-refractivity contribution in [3.8, 4) is 5.75 Å². The minimum absolute atomic E-state index is 0.0209. The number of ether oxygens (including phenoxy) is 3. The molecular weight excluding hydrogens is 665 g/mol. The van der Waals surface area contributed by atoms with Crippen molar-refractivity contribution in [1.82, 2.24) is 19.8 Å². The summed E-state index contributed by atoms with van der Waals surface area (Å²) in [6.45, 7) is 6.59. The molecule has 2 N–H and O–H groups in total. The molecule has 4 aliphatic heterocycles. The zero-order valence-electron chi connectivity index (χ0n) is 32.2. The summed E-state index contributed by atoms with van der Waals surface area (Å²) < 4.78 is 17.1. The molecule has 9 nitrogen and oxygen atoms in total. The van der Waals surface area contributed by atoms with Crippen molar-refractivity contribution in [3.05, 3.63) is 64.5 Å². The highest BCUT2D eigenvalue weighted by Gasteiger charge is 2.57. The smallest absolute Gasteiger partial charge is 0.310 e. The quantitative estimate of drug-likeness (QED) is 0.202. The molecule has 282 valence electrons. The van der Waals surface area contributed by atoms with Crippen LogP contribution in [0.15, 0.2) is 36.4 Å². The third-order valence-corrected chi connectivity index (χ3v) is 15.0. The molecule has 6 heterocycles. The Morgan fingerprint density at radius 3 is 2.43 bits per heavy atom. The lowest BCUT2D eigenvalue weighted by Crippen LogP contribution is -2.67. The van der Waals surface area contributed by atoms with Gasteiger partial charge in [-0.2, -0.15) is 0 Å². The van der Waals surface area contributed by atoms with Gasteiger partial charge >= 0.3 is 11.9 Å². The molecule has 4 fully saturated rings. The summed E-state index contributed by atoms with van der Waals surface area (Å²) in [6.07, 6.45) is 7.50. The number of nitrogens with zero attached hydrogens (tertiary/aromatic N) is 2. The molecule has 2 aliphatic carbocycles. The Morgan fingerprint density at radius 1 is 0.849 bits per heavy atom. The van der Waals surface area contributed by atoms with Crippen LogP contribution in [-0.4, -0.2) is 91.3 Å². The number of carbonyl (C=O) groups excluding carboxylic acids is 2. The highest BCUT2D eigenvalue weighted by Crippen LogP contribution is 2.55. The van der Waals surface area contributed by atoms with Crippen molar-refractivity contribution < 1.29 is 23.8 Å². The van der Waals surface area contributed by atoms with Crippen molar-refractivity contribution >= 4 is 33.7 Å². The summed E-state index contributed by atoms with van der Waals surface area (Å²) in [5.74, 6) is 2.70. The highest BCUT2D eigenvalue weighted by molar-refractivity contribution is 5.89. The van der Waals surface area contributed by atoms with Gasteiger partial charge in [0.25, 0.3) is 0 Å². The number of nitrogens with one attached hydrogen (secondary N) is 2. The van der Waals surface area contributed by atoms with Crippen LogP contribution in [0.1, 0.15) is 79.9 Å². The SMILES string of the molecule is CC[C@H]1CN(C)[C@@H]2Cc3c([nH]c4ccccc34)[C@H](c3cc4[nH]c5c(c4cc3OC)CCN3[C@H](C5)[C@H](CC)[C@@H]4C[C@H]3[C@H]4CC(=O)OC)C[C@H]1[C@@H]2C(=O)OC. The van der Waals surface area contributed by atoms with E-state index in [2.05, 4.69) is 77.1 Å². The molecule has 53 heavy (non-hydrogen) atoms. The second kappa shape index (κ2) is 13.5. The number of fused-ring (bicyclic) bond motifs is 8. The van der Waals surface area contributed by atoms with Gasteiger partial charge in [0.15, 0.2) is 0 Å². The first-order valence-electron chi connectivity index (χ1n) is 20.2. The third-order valence-electron chi connectivity index (χ3n) is 15.0. The average molecular weight is 721 g/mol. The third kappa shape index (κ3) is 5.38. The second-order valence-electron chi connectivity index (χ2n) is 16.9. The molecule has 9 heteroatoms. The molecule has 1 saturated carbocycles. The topological polar surface area (TPSA) is 99.9 Å². The van der Waals surface area contributed by atoms with Crippen molar-refractivity contribution in [2.24, 2.45) is 35.5 Å². The summed E-state index contributed by atoms with van der Waals surface area (Å²) in [5, 5.41) is 2.49. The van der Waals surface area contributed by atoms with Gasteiger partial charge in [-0.15, -0.1) is 0 Å². The zero-order chi connectivity index (χ0) is 36.7. The molecular formula is C44H56N4O5. The minimum atomic E-state index is -0.201. The number of hydrogen-bond donors (Lipinski definition) is 2. The van der Waals surface area contributed by atoms with Crippen LogP contribution < -0.4 is 4.74 Å². The van der Waals surface area contributed by atoms with Crippen LogP contribution in [0, 0.1) is 35.5 Å². The highest BCUT2D eigenvalue weighted by atomic mass is 16.5. The molecule has 0 unspecified atom stereocenters. The number of likely N-dealkylation sites (N-methyl/N-ethyl adjacent to an activating group) is 1. The van der Waals surface area contributed by atoms with Crippen LogP contribution in [0.3, 0.4) is 0 Å². The molecule has 6 aliphatic rings. The number of aromatic amines is 2. The fraction of sp³-hybridized carbons (Fsp3) is 0.591. The van der Waals surface area contributed by atoms with Gasteiger partial charge in [0, 0.05) is 82.3 Å². The molecule has 2 aromatic carbocycles. The van der Waals surface area contributed by atoms with Crippen LogP contribution in [0.2, 0.25) is 0 Å². The number of aromatic nitrogens is 2. The molecule has 4 aromatic rings. The number of hydrogen-bond acceptors (Lipinski definition) is 7. The van der Waals surface area contributed by atoms with E-state index < -0.39 is 0 Å². The van der Waals surface area contributed by atoms with E-state index in [1.807, 2.05) is 7.11 Å². The van der Waals surface area contributed by atoms with Crippen LogP contribution in [0.25, 0.3) is 21.8 Å². The Hall–Kier alpha value is -3.82. The van der Waals surface area contributed by atoms with Gasteiger partial charge in [-0.05, 0) is 91.6 Å². The van der Waals surface area contributed by atoms with Crippen molar-refractivity contribution in [1.29, 1.82) is 0 Å². The van der Waals surface area contributed by atoms with E-state index in [1.165, 1.54) is 57.9 Å². The van der Waals surface area contributed by atoms with Gasteiger partial charge in [0.2, 0.25) is 0 Å². The Morgan fingerprint density at radius 2 is 1.68 bits per heavy atom. The van der Waals surface area contributed by atoms with Crippen LogP contribution in [-0.2, 0) is 38.3 Å². The number of carbonyl (C=O) groups is 2. The number of rotatable bonds is 7. The fourth-order valence-corrected chi connectivity index (χ4v) is 12.5. The maximum absolute atomic E-state index is 13.8. The van der Waals surface area contributed by atoms with Gasteiger partial charge in [0.05, 0.1) is 33.7 Å². The van der Waals surface area contributed by atoms with Crippen LogP contribution in [0.4, 0.5) is 0 Å². The standard InChI is InChI=1S/C44H56N4O5/c1-7-23-22-47(3)39-18-33-25-11-9-10-12-34(25)46-43(33)32(15-27(23)42(39)44(50)53-6)31-16-35-29(19-40(31)51-4)26-13-14-48-37-17-28(30(37)20-41(49)52-5)24(8-2)38(48)21-36(26)45-35/h9-12,16,19,23-24,27-28,30,32,37-39,42,45-46H,7-8,13-15,17-18,20-22H2,1-6H3/t23-,24+,27+,28-,30-,32-,37-,38+,39+,42-/m0/s1. The lowest BCUT2D eigenvalue weighted by molar-refractivity contribution is -0.159. The lowest BCUT2D eigenvalue weighted by Gasteiger charge is -2.62. The van der Waals surface area contributed by atoms with Gasteiger partial charge in [-0.25, -0.2) is 0 Å². The molecule has 0 amide bonds. The first kappa shape index (κ1) is 34.9. The summed E-state index contributed by atoms with van der Waals surface area (Å²) in [6, 6.07) is 14.3. The van der Waals surface area contributed by atoms with Crippen molar-refractivity contribution in [2.75, 3.05) is 41.5 Å². The van der Waals surface area contributed by atoms with E-state index in [0.717, 1.165) is 62.9 Å². The molecule has 3 saturated heterocycles. The number of methoxy groups -OCH3 is 3. The average Bonchev–Trinajstić information content (AvgIpc) is 3.63. The first-order valence-corrected chi connectivity index (χ1v) is 20.2. The van der Waals surface area contributed by atoms with E-state index in [9.17, 15) is 9.59 Å². The van der Waals surface area contributed by atoms with E-state index in [4.69, 9.17) is 14.2 Å². The summed E-state index contributed by atoms with van der Waals surface area (Å²) in [5.41, 5.74) is 8.83. The van der Waals surface area contributed by atoms with E-state index in [1.54, 1.807) is 7.11 Å². The van der Waals surface area contributed by atoms with Gasteiger partial charge in [0.1, 0.15) is 5.75 Å².